The van der Waals surface area contributed by atoms with Gasteiger partial charge < -0.3 is 9.32 Å². The topological polar surface area (TPSA) is 16.4 Å². The maximum atomic E-state index is 6.49. The third-order valence-electron chi connectivity index (χ3n) is 10.9. The van der Waals surface area contributed by atoms with E-state index in [4.69, 9.17) is 4.42 Å². The Balaban J connectivity index is 1.17. The number of rotatable bonds is 6. The van der Waals surface area contributed by atoms with Crippen LogP contribution in [0.3, 0.4) is 0 Å². The summed E-state index contributed by atoms with van der Waals surface area (Å²) in [5, 5.41) is 7.27. The highest BCUT2D eigenvalue weighted by Gasteiger charge is 2.23. The predicted octanol–water partition coefficient (Wildman–Crippen LogP) is 15.6. The van der Waals surface area contributed by atoms with Crippen molar-refractivity contribution < 1.29 is 4.42 Å². The average molecular weight is 720 g/mol. The van der Waals surface area contributed by atoms with Gasteiger partial charge in [0.1, 0.15) is 11.2 Å². The van der Waals surface area contributed by atoms with Crippen molar-refractivity contribution in [1.82, 2.24) is 0 Å². The van der Waals surface area contributed by atoms with Crippen LogP contribution in [0, 0.1) is 0 Å². The molecule has 0 saturated carbocycles. The summed E-state index contributed by atoms with van der Waals surface area (Å²) in [7, 11) is 0. The van der Waals surface area contributed by atoms with Crippen LogP contribution in [0.15, 0.2) is 205 Å². The average Bonchev–Trinajstić information content (AvgIpc) is 3.84. The van der Waals surface area contributed by atoms with E-state index in [9.17, 15) is 0 Å². The van der Waals surface area contributed by atoms with Gasteiger partial charge in [0.2, 0.25) is 0 Å². The van der Waals surface area contributed by atoms with E-state index in [2.05, 4.69) is 193 Å². The Morgan fingerprint density at radius 2 is 0.964 bits per heavy atom. The van der Waals surface area contributed by atoms with Crippen molar-refractivity contribution in [2.24, 2.45) is 0 Å². The molecule has 0 N–H and O–H groups in total. The molecule has 0 aliphatic rings. The van der Waals surface area contributed by atoms with Crippen LogP contribution >= 0.6 is 11.3 Å². The van der Waals surface area contributed by atoms with Gasteiger partial charge in [-0.2, -0.15) is 0 Å². The van der Waals surface area contributed by atoms with Crippen LogP contribution in [0.5, 0.6) is 0 Å². The van der Waals surface area contributed by atoms with Crippen molar-refractivity contribution in [3.8, 4) is 33.4 Å². The maximum absolute atomic E-state index is 6.49. The Morgan fingerprint density at radius 3 is 1.78 bits per heavy atom. The largest absolute Gasteiger partial charge is 0.456 e. The highest BCUT2D eigenvalue weighted by Crippen LogP contribution is 2.50. The quantitative estimate of drug-likeness (QED) is 0.170. The number of hydrogen-bond donors (Lipinski definition) is 0. The van der Waals surface area contributed by atoms with Gasteiger partial charge in [0, 0.05) is 43.7 Å². The van der Waals surface area contributed by atoms with E-state index in [0.29, 0.717) is 0 Å². The first kappa shape index (κ1) is 31.6. The Bertz CT molecular complexity index is 3190. The van der Waals surface area contributed by atoms with Crippen LogP contribution in [0.4, 0.5) is 17.1 Å². The molecule has 0 atom stereocenters. The van der Waals surface area contributed by atoms with Crippen LogP contribution in [-0.2, 0) is 0 Å². The lowest BCUT2D eigenvalue weighted by atomic mass is 9.96. The molecule has 0 unspecified atom stereocenters. The number of anilines is 3. The van der Waals surface area contributed by atoms with Gasteiger partial charge in [0.15, 0.2) is 0 Å². The molecule has 0 aliphatic carbocycles. The molecule has 11 rings (SSSR count). The molecule has 0 aliphatic heterocycles. The van der Waals surface area contributed by atoms with Crippen molar-refractivity contribution in [3.05, 3.63) is 200 Å². The Morgan fingerprint density at radius 1 is 0.364 bits per heavy atom. The van der Waals surface area contributed by atoms with Crippen molar-refractivity contribution >= 4 is 81.3 Å². The molecule has 11 aromatic rings. The normalized spacial score (nSPS) is 11.6. The van der Waals surface area contributed by atoms with Crippen LogP contribution in [0.2, 0.25) is 0 Å². The molecule has 0 bridgehead atoms. The fraction of sp³-hybridized carbons (Fsp3) is 0. The molecule has 0 radical (unpaired) electrons. The maximum Gasteiger partial charge on any atom is 0.137 e. The summed E-state index contributed by atoms with van der Waals surface area (Å²) in [6, 6.07) is 72.1. The number of hydrogen-bond acceptors (Lipinski definition) is 3. The summed E-state index contributed by atoms with van der Waals surface area (Å²) in [5.41, 5.74) is 12.3. The van der Waals surface area contributed by atoms with E-state index in [0.717, 1.165) is 39.0 Å². The molecular weight excluding hydrogens is 687 g/mol. The molecule has 9 aromatic carbocycles. The first-order valence-corrected chi connectivity index (χ1v) is 19.5. The van der Waals surface area contributed by atoms with E-state index in [1.807, 2.05) is 23.5 Å². The molecule has 0 amide bonds. The summed E-state index contributed by atoms with van der Waals surface area (Å²) in [4.78, 5) is 2.41. The first-order valence-electron chi connectivity index (χ1n) is 18.7. The number of benzene rings is 9. The van der Waals surface area contributed by atoms with Crippen LogP contribution in [-0.4, -0.2) is 0 Å². The molecule has 2 heterocycles. The second-order valence-electron chi connectivity index (χ2n) is 14.0. The Hall–Kier alpha value is -6.94. The van der Waals surface area contributed by atoms with Gasteiger partial charge in [-0.05, 0) is 80.6 Å². The Kier molecular flexibility index (Phi) is 7.39. The molecule has 0 spiro atoms. The number of fused-ring (bicyclic) bond motifs is 7. The van der Waals surface area contributed by atoms with Gasteiger partial charge in [-0.25, -0.2) is 0 Å². The summed E-state index contributed by atoms with van der Waals surface area (Å²) in [6.45, 7) is 0. The van der Waals surface area contributed by atoms with Gasteiger partial charge in [-0.1, -0.05) is 158 Å². The summed E-state index contributed by atoms with van der Waals surface area (Å²) >= 11 is 1.88. The molecule has 55 heavy (non-hydrogen) atoms. The number of thiophene rings is 1. The fourth-order valence-corrected chi connectivity index (χ4v) is 9.68. The van der Waals surface area contributed by atoms with Gasteiger partial charge in [0.05, 0.1) is 10.4 Å². The van der Waals surface area contributed by atoms with E-state index in [1.54, 1.807) is 0 Å². The van der Waals surface area contributed by atoms with Gasteiger partial charge in [0.25, 0.3) is 0 Å². The lowest BCUT2D eigenvalue weighted by Gasteiger charge is -2.27. The molecular formula is C52H33NOS. The molecule has 0 fully saturated rings. The zero-order valence-corrected chi connectivity index (χ0v) is 30.6. The van der Waals surface area contributed by atoms with E-state index in [1.165, 1.54) is 64.3 Å². The van der Waals surface area contributed by atoms with Crippen LogP contribution < -0.4 is 4.90 Å². The number of para-hydroxylation sites is 1. The predicted molar refractivity (Wildman–Crippen MR) is 235 cm³/mol. The fourth-order valence-electron chi connectivity index (χ4n) is 8.32. The second kappa shape index (κ2) is 12.9. The summed E-state index contributed by atoms with van der Waals surface area (Å²) < 4.78 is 9.01. The molecule has 2 aromatic heterocycles. The molecule has 0 saturated heterocycles. The van der Waals surface area contributed by atoms with Gasteiger partial charge in [-0.3, -0.25) is 0 Å². The third kappa shape index (κ3) is 5.24. The highest BCUT2D eigenvalue weighted by atomic mass is 32.1. The van der Waals surface area contributed by atoms with Gasteiger partial charge >= 0.3 is 0 Å². The van der Waals surface area contributed by atoms with Gasteiger partial charge in [-0.15, -0.1) is 11.3 Å². The summed E-state index contributed by atoms with van der Waals surface area (Å²) in [6.07, 6.45) is 0. The SMILES string of the molecule is c1ccc(-c2cccc3c2sc2c(N(c4ccc(-c5cccc6ccccc56)cc4)c4ccc5c(c4)oc4ccccc45)ccc(-c4ccccc4)c23)cc1. The molecule has 3 heteroatoms. The number of nitrogens with zero attached hydrogens (tertiary/aromatic N) is 1. The monoisotopic (exact) mass is 719 g/mol. The van der Waals surface area contributed by atoms with Crippen LogP contribution in [0.25, 0.3) is 86.3 Å². The highest BCUT2D eigenvalue weighted by molar-refractivity contribution is 7.27. The second-order valence-corrected chi connectivity index (χ2v) is 15.1. The van der Waals surface area contributed by atoms with E-state index in [-0.39, 0.29) is 0 Å². The zero-order chi connectivity index (χ0) is 36.3. The molecule has 258 valence electrons. The lowest BCUT2D eigenvalue weighted by molar-refractivity contribution is 0.669. The smallest absolute Gasteiger partial charge is 0.137 e. The van der Waals surface area contributed by atoms with Crippen molar-refractivity contribution in [2.75, 3.05) is 4.90 Å². The van der Waals surface area contributed by atoms with E-state index >= 15 is 0 Å². The van der Waals surface area contributed by atoms with Crippen molar-refractivity contribution in [1.29, 1.82) is 0 Å². The molecule has 2 nitrogen and oxygen atoms in total. The van der Waals surface area contributed by atoms with Crippen LogP contribution in [0.1, 0.15) is 0 Å². The Labute approximate surface area is 322 Å². The standard InChI is InChI=1S/C52H33NOS/c1-3-13-35(14-4-1)42-31-32-47(52-50(42)46-23-12-22-43(51(46)55-52)36-15-5-2-6-16-36)53(39-29-30-45-44-20-9-10-24-48(44)54-49(45)33-39)38-27-25-37(26-28-38)41-21-11-18-34-17-7-8-19-40(34)41/h1-33H. The minimum absolute atomic E-state index is 0.871. The number of furan rings is 1. The minimum Gasteiger partial charge on any atom is -0.456 e. The van der Waals surface area contributed by atoms with Crippen molar-refractivity contribution in [2.45, 2.75) is 0 Å². The zero-order valence-electron chi connectivity index (χ0n) is 29.8. The van der Waals surface area contributed by atoms with Crippen molar-refractivity contribution in [3.63, 3.8) is 0 Å². The van der Waals surface area contributed by atoms with E-state index < -0.39 is 0 Å². The summed E-state index contributed by atoms with van der Waals surface area (Å²) in [5.74, 6) is 0. The minimum atomic E-state index is 0.871. The first-order chi connectivity index (χ1) is 27.3. The third-order valence-corrected chi connectivity index (χ3v) is 12.1. The lowest BCUT2D eigenvalue weighted by Crippen LogP contribution is -2.10.